The summed E-state index contributed by atoms with van der Waals surface area (Å²) in [7, 11) is 2.14. The van der Waals surface area contributed by atoms with Crippen LogP contribution in [0.1, 0.15) is 31.0 Å². The normalized spacial score (nSPS) is 20.5. The van der Waals surface area contributed by atoms with Crippen LogP contribution in [0.25, 0.3) is 0 Å². The molecule has 1 aromatic carbocycles. The minimum Gasteiger partial charge on any atom is -0.370 e. The molecule has 1 heteroatoms. The first-order valence-corrected chi connectivity index (χ1v) is 5.74. The lowest BCUT2D eigenvalue weighted by Crippen LogP contribution is -2.21. The highest BCUT2D eigenvalue weighted by Gasteiger charge is 2.18. The highest BCUT2D eigenvalue weighted by atomic mass is 15.1. The van der Waals surface area contributed by atoms with Crippen molar-refractivity contribution < 1.29 is 0 Å². The van der Waals surface area contributed by atoms with Crippen LogP contribution in [-0.4, -0.2) is 11.9 Å². The van der Waals surface area contributed by atoms with E-state index in [0.717, 1.165) is 0 Å². The van der Waals surface area contributed by atoms with Crippen LogP contribution in [0.4, 0.5) is 0 Å². The molecule has 0 fully saturated rings. The van der Waals surface area contributed by atoms with Gasteiger partial charge in [-0.25, -0.2) is 0 Å². The molecule has 0 radical (unpaired) electrons. The largest absolute Gasteiger partial charge is 0.370 e. The molecule has 0 spiro atoms. The number of aryl methyl sites for hydroxylation is 1. The van der Waals surface area contributed by atoms with E-state index in [-0.39, 0.29) is 0 Å². The number of nitrogens with zero attached hydrogens (tertiary/aromatic N) is 1. The summed E-state index contributed by atoms with van der Waals surface area (Å²) in [5.41, 5.74) is 5.49. The highest BCUT2D eigenvalue weighted by Crippen LogP contribution is 2.30. The molecule has 1 atom stereocenters. The number of allylic oxidation sites excluding steroid dienone is 2. The SMILES string of the molecule is CC1=CC(c2ccccc2C)N(C)C=C1C. The minimum atomic E-state index is 0.380. The summed E-state index contributed by atoms with van der Waals surface area (Å²) in [6.45, 7) is 6.53. The fraction of sp³-hybridized carbons (Fsp3) is 0.333. The van der Waals surface area contributed by atoms with Crippen LogP contribution in [0.5, 0.6) is 0 Å². The third-order valence-corrected chi connectivity index (χ3v) is 3.37. The van der Waals surface area contributed by atoms with E-state index in [1.165, 1.54) is 22.3 Å². The third kappa shape index (κ3) is 1.90. The molecule has 0 N–H and O–H groups in total. The van der Waals surface area contributed by atoms with Gasteiger partial charge < -0.3 is 4.90 Å². The van der Waals surface area contributed by atoms with Gasteiger partial charge in [0.25, 0.3) is 0 Å². The Morgan fingerprint density at radius 1 is 1.00 bits per heavy atom. The first-order chi connectivity index (χ1) is 7.59. The van der Waals surface area contributed by atoms with Gasteiger partial charge in [0, 0.05) is 13.2 Å². The molecule has 16 heavy (non-hydrogen) atoms. The Labute approximate surface area is 98.1 Å². The summed E-state index contributed by atoms with van der Waals surface area (Å²) in [5, 5.41) is 0. The van der Waals surface area contributed by atoms with Crippen molar-refractivity contribution >= 4 is 0 Å². The van der Waals surface area contributed by atoms with Gasteiger partial charge in [-0.3, -0.25) is 0 Å². The predicted molar refractivity (Wildman–Crippen MR) is 69.2 cm³/mol. The Hall–Kier alpha value is -1.50. The number of hydrogen-bond donors (Lipinski definition) is 0. The van der Waals surface area contributed by atoms with Crippen LogP contribution in [0, 0.1) is 6.92 Å². The summed E-state index contributed by atoms with van der Waals surface area (Å²) < 4.78 is 0. The van der Waals surface area contributed by atoms with Crippen LogP contribution in [0.2, 0.25) is 0 Å². The van der Waals surface area contributed by atoms with E-state index in [9.17, 15) is 0 Å². The first kappa shape index (κ1) is 11.0. The van der Waals surface area contributed by atoms with E-state index in [4.69, 9.17) is 0 Å². The monoisotopic (exact) mass is 213 g/mol. The van der Waals surface area contributed by atoms with Crippen molar-refractivity contribution in [2.75, 3.05) is 7.05 Å². The van der Waals surface area contributed by atoms with Gasteiger partial charge in [0.05, 0.1) is 6.04 Å². The van der Waals surface area contributed by atoms with E-state index >= 15 is 0 Å². The molecule has 1 aliphatic rings. The Kier molecular flexibility index (Phi) is 2.86. The summed E-state index contributed by atoms with van der Waals surface area (Å²) in [6, 6.07) is 8.99. The Balaban J connectivity index is 2.40. The zero-order chi connectivity index (χ0) is 11.7. The van der Waals surface area contributed by atoms with Crippen LogP contribution < -0.4 is 0 Å². The van der Waals surface area contributed by atoms with Gasteiger partial charge in [-0.1, -0.05) is 30.3 Å². The molecular formula is C15H19N. The molecule has 1 unspecified atom stereocenters. The lowest BCUT2D eigenvalue weighted by molar-refractivity contribution is 0.382. The molecule has 0 bridgehead atoms. The number of likely N-dealkylation sites (N-methyl/N-ethyl adjacent to an activating group) is 1. The smallest absolute Gasteiger partial charge is 0.0726 e. The standard InChI is InChI=1S/C15H19N/c1-11-7-5-6-8-14(11)15-9-12(2)13(3)10-16(15)4/h5-10,15H,1-4H3. The maximum atomic E-state index is 2.34. The molecule has 1 heterocycles. The number of hydrogen-bond acceptors (Lipinski definition) is 1. The van der Waals surface area contributed by atoms with Gasteiger partial charge in [0.2, 0.25) is 0 Å². The molecule has 0 amide bonds. The van der Waals surface area contributed by atoms with Gasteiger partial charge in [0.1, 0.15) is 0 Å². The van der Waals surface area contributed by atoms with E-state index in [1.54, 1.807) is 0 Å². The molecule has 0 aromatic heterocycles. The third-order valence-electron chi connectivity index (χ3n) is 3.37. The van der Waals surface area contributed by atoms with Crippen LogP contribution in [0.15, 0.2) is 47.7 Å². The van der Waals surface area contributed by atoms with Crippen molar-refractivity contribution in [1.29, 1.82) is 0 Å². The average Bonchev–Trinajstić information content (AvgIpc) is 2.25. The maximum Gasteiger partial charge on any atom is 0.0726 e. The van der Waals surface area contributed by atoms with Gasteiger partial charge in [-0.15, -0.1) is 0 Å². The van der Waals surface area contributed by atoms with Gasteiger partial charge >= 0.3 is 0 Å². The Bertz CT molecular complexity index is 454. The fourth-order valence-corrected chi connectivity index (χ4v) is 2.20. The van der Waals surface area contributed by atoms with Gasteiger partial charge in [-0.05, 0) is 43.0 Å². The summed E-state index contributed by atoms with van der Waals surface area (Å²) >= 11 is 0. The van der Waals surface area contributed by atoms with Gasteiger partial charge in [0.15, 0.2) is 0 Å². The van der Waals surface area contributed by atoms with Crippen LogP contribution in [-0.2, 0) is 0 Å². The zero-order valence-corrected chi connectivity index (χ0v) is 10.5. The van der Waals surface area contributed by atoms with Crippen LogP contribution >= 0.6 is 0 Å². The second-order valence-electron chi connectivity index (χ2n) is 4.63. The van der Waals surface area contributed by atoms with Crippen molar-refractivity contribution in [2.45, 2.75) is 26.8 Å². The maximum absolute atomic E-state index is 2.34. The second-order valence-corrected chi connectivity index (χ2v) is 4.63. The summed E-state index contributed by atoms with van der Waals surface area (Å²) in [4.78, 5) is 2.28. The quantitative estimate of drug-likeness (QED) is 0.685. The van der Waals surface area contributed by atoms with E-state index in [1.807, 2.05) is 0 Å². The van der Waals surface area contributed by atoms with E-state index in [0.29, 0.717) is 6.04 Å². The zero-order valence-electron chi connectivity index (χ0n) is 10.5. The van der Waals surface area contributed by atoms with Crippen molar-refractivity contribution in [2.24, 2.45) is 0 Å². The summed E-state index contributed by atoms with van der Waals surface area (Å²) in [5.74, 6) is 0. The van der Waals surface area contributed by atoms with Crippen molar-refractivity contribution in [1.82, 2.24) is 4.90 Å². The average molecular weight is 213 g/mol. The van der Waals surface area contributed by atoms with E-state index < -0.39 is 0 Å². The van der Waals surface area contributed by atoms with Crippen molar-refractivity contribution in [3.8, 4) is 0 Å². The lowest BCUT2D eigenvalue weighted by atomic mass is 9.94. The molecular weight excluding hydrogens is 194 g/mol. The lowest BCUT2D eigenvalue weighted by Gasteiger charge is -2.31. The highest BCUT2D eigenvalue weighted by molar-refractivity contribution is 5.39. The first-order valence-electron chi connectivity index (χ1n) is 5.74. The second kappa shape index (κ2) is 4.17. The van der Waals surface area contributed by atoms with Crippen molar-refractivity contribution in [3.05, 3.63) is 58.8 Å². The minimum absolute atomic E-state index is 0.380. The van der Waals surface area contributed by atoms with Crippen LogP contribution in [0.3, 0.4) is 0 Å². The molecule has 1 nitrogen and oxygen atoms in total. The fourth-order valence-electron chi connectivity index (χ4n) is 2.20. The van der Waals surface area contributed by atoms with E-state index in [2.05, 4.69) is 69.3 Å². The Morgan fingerprint density at radius 3 is 2.38 bits per heavy atom. The van der Waals surface area contributed by atoms with Crippen molar-refractivity contribution in [3.63, 3.8) is 0 Å². The molecule has 1 aromatic rings. The molecule has 1 aliphatic heterocycles. The molecule has 0 saturated heterocycles. The van der Waals surface area contributed by atoms with Gasteiger partial charge in [-0.2, -0.15) is 0 Å². The number of rotatable bonds is 1. The topological polar surface area (TPSA) is 3.24 Å². The molecule has 0 saturated carbocycles. The molecule has 84 valence electrons. The predicted octanol–water partition coefficient (Wildman–Crippen LogP) is 3.83. The molecule has 0 aliphatic carbocycles. The summed E-state index contributed by atoms with van der Waals surface area (Å²) in [6.07, 6.45) is 4.57. The molecule has 2 rings (SSSR count). The number of benzene rings is 1. The Morgan fingerprint density at radius 2 is 1.69 bits per heavy atom.